The van der Waals surface area contributed by atoms with Crippen molar-refractivity contribution in [2.75, 3.05) is 14.2 Å². The summed E-state index contributed by atoms with van der Waals surface area (Å²) in [4.78, 5) is 18.2. The van der Waals surface area contributed by atoms with Crippen molar-refractivity contribution in [3.05, 3.63) is 94.9 Å². The van der Waals surface area contributed by atoms with Gasteiger partial charge in [-0.2, -0.15) is 0 Å². The van der Waals surface area contributed by atoms with E-state index in [9.17, 15) is 18.0 Å². The second-order valence-electron chi connectivity index (χ2n) is 9.86. The van der Waals surface area contributed by atoms with Crippen molar-refractivity contribution < 1.29 is 36.6 Å². The van der Waals surface area contributed by atoms with Gasteiger partial charge in [-0.1, -0.05) is 24.3 Å². The number of carbonyl (C=O) groups is 1. The molecule has 0 amide bonds. The molecule has 0 aliphatic rings. The summed E-state index contributed by atoms with van der Waals surface area (Å²) in [6, 6.07) is 15.2. The lowest BCUT2D eigenvalue weighted by atomic mass is 9.95. The number of furan rings is 1. The first-order valence-corrected chi connectivity index (χ1v) is 13.9. The number of nitrogens with zero attached hydrogens (tertiary/aromatic N) is 3. The third-order valence-corrected chi connectivity index (χ3v) is 7.65. The standard InChI is InChI=1S/C31H24F3N3O5S/c1-31(33,34)23-11-19(32)7-8-21(23)25(38)10-17-5-4-6-18(9-17)16-41-26-12-20(39-2)13-27-22(26)14-28(42-27)24-15-37-29(35-24)43-30(36-37)40-3/h4-9,11-15H,10,16H2,1-3H3. The molecule has 43 heavy (non-hydrogen) atoms. The number of hydrogen-bond acceptors (Lipinski definition) is 8. The maximum atomic E-state index is 14.1. The van der Waals surface area contributed by atoms with Crippen LogP contribution in [0.15, 0.2) is 71.3 Å². The molecule has 0 fully saturated rings. The van der Waals surface area contributed by atoms with Gasteiger partial charge in [0.15, 0.2) is 11.5 Å². The van der Waals surface area contributed by atoms with E-state index < -0.39 is 23.1 Å². The molecule has 8 nitrogen and oxygen atoms in total. The summed E-state index contributed by atoms with van der Waals surface area (Å²) in [6.07, 6.45) is 1.60. The topological polar surface area (TPSA) is 88.1 Å². The van der Waals surface area contributed by atoms with Gasteiger partial charge in [-0.3, -0.25) is 4.79 Å². The number of Topliss-reactive ketones (excluding diaryl/α,β-unsaturated/α-hetero) is 1. The molecule has 12 heteroatoms. The van der Waals surface area contributed by atoms with E-state index in [1.54, 1.807) is 55.3 Å². The maximum absolute atomic E-state index is 14.1. The maximum Gasteiger partial charge on any atom is 0.294 e. The van der Waals surface area contributed by atoms with Crippen molar-refractivity contribution in [1.82, 2.24) is 14.6 Å². The first-order chi connectivity index (χ1) is 20.6. The molecule has 220 valence electrons. The van der Waals surface area contributed by atoms with E-state index in [2.05, 4.69) is 10.1 Å². The van der Waals surface area contributed by atoms with Gasteiger partial charge >= 0.3 is 0 Å². The van der Waals surface area contributed by atoms with E-state index in [-0.39, 0.29) is 18.6 Å². The normalized spacial score (nSPS) is 11.8. The predicted molar refractivity (Wildman–Crippen MR) is 154 cm³/mol. The molecule has 0 saturated heterocycles. The number of halogens is 3. The van der Waals surface area contributed by atoms with Gasteiger partial charge in [-0.25, -0.2) is 22.7 Å². The number of ether oxygens (including phenoxy) is 3. The van der Waals surface area contributed by atoms with E-state index in [4.69, 9.17) is 18.6 Å². The Labute approximate surface area is 247 Å². The number of ketones is 1. The number of imidazole rings is 1. The monoisotopic (exact) mass is 607 g/mol. The second-order valence-corrected chi connectivity index (χ2v) is 10.8. The summed E-state index contributed by atoms with van der Waals surface area (Å²) in [5, 5.41) is 5.49. The van der Waals surface area contributed by atoms with Crippen molar-refractivity contribution in [3.63, 3.8) is 0 Å². The van der Waals surface area contributed by atoms with Gasteiger partial charge in [-0.15, -0.1) is 5.10 Å². The van der Waals surface area contributed by atoms with Crippen LogP contribution in [0.4, 0.5) is 13.2 Å². The Kier molecular flexibility index (Phi) is 7.30. The smallest absolute Gasteiger partial charge is 0.294 e. The third kappa shape index (κ3) is 5.78. The Hall–Kier alpha value is -4.84. The number of hydrogen-bond donors (Lipinski definition) is 0. The lowest BCUT2D eigenvalue weighted by molar-refractivity contribution is 0.0161. The molecule has 0 aliphatic carbocycles. The summed E-state index contributed by atoms with van der Waals surface area (Å²) >= 11 is 1.30. The van der Waals surface area contributed by atoms with Crippen LogP contribution in [0.3, 0.4) is 0 Å². The predicted octanol–water partition coefficient (Wildman–Crippen LogP) is 7.48. The Balaban J connectivity index is 1.23. The zero-order valence-electron chi connectivity index (χ0n) is 23.2. The third-order valence-electron chi connectivity index (χ3n) is 6.77. The SMILES string of the molecule is COc1cc(OCc2cccc(CC(=O)c3ccc(F)cc3C(C)(F)F)c2)c2cc(-c3cn4nc(OC)sc4n3)oc2c1. The molecule has 6 aromatic rings. The van der Waals surface area contributed by atoms with Crippen molar-refractivity contribution in [2.24, 2.45) is 0 Å². The van der Waals surface area contributed by atoms with E-state index >= 15 is 0 Å². The van der Waals surface area contributed by atoms with E-state index in [0.717, 1.165) is 17.7 Å². The Morgan fingerprint density at radius 1 is 1.05 bits per heavy atom. The Bertz CT molecular complexity index is 1940. The van der Waals surface area contributed by atoms with Crippen LogP contribution in [0.25, 0.3) is 27.4 Å². The average Bonchev–Trinajstić information content (AvgIpc) is 3.68. The summed E-state index contributed by atoms with van der Waals surface area (Å²) in [7, 11) is 3.08. The van der Waals surface area contributed by atoms with Crippen LogP contribution in [0, 0.1) is 5.82 Å². The van der Waals surface area contributed by atoms with Crippen molar-refractivity contribution >= 4 is 33.1 Å². The Morgan fingerprint density at radius 2 is 1.86 bits per heavy atom. The van der Waals surface area contributed by atoms with Gasteiger partial charge in [-0.05, 0) is 46.7 Å². The zero-order valence-corrected chi connectivity index (χ0v) is 24.0. The molecule has 3 aromatic heterocycles. The minimum absolute atomic E-state index is 0.139. The summed E-state index contributed by atoms with van der Waals surface area (Å²) in [5.74, 6) is -3.18. The number of methoxy groups -OCH3 is 2. The zero-order chi connectivity index (χ0) is 30.3. The summed E-state index contributed by atoms with van der Waals surface area (Å²) < 4.78 is 66.3. The van der Waals surface area contributed by atoms with E-state index in [1.165, 1.54) is 11.3 Å². The lowest BCUT2D eigenvalue weighted by Crippen LogP contribution is -2.16. The molecule has 0 aliphatic heterocycles. The molecular formula is C31H24F3N3O5S. The number of fused-ring (bicyclic) bond motifs is 2. The average molecular weight is 608 g/mol. The van der Waals surface area contributed by atoms with Crippen LogP contribution in [0.2, 0.25) is 0 Å². The highest BCUT2D eigenvalue weighted by Crippen LogP contribution is 2.38. The molecule has 0 unspecified atom stereocenters. The molecule has 0 N–H and O–H groups in total. The van der Waals surface area contributed by atoms with Gasteiger partial charge in [0.1, 0.15) is 35.2 Å². The van der Waals surface area contributed by atoms with Crippen LogP contribution >= 0.6 is 11.3 Å². The largest absolute Gasteiger partial charge is 0.496 e. The molecular weight excluding hydrogens is 583 g/mol. The number of carbonyl (C=O) groups excluding carboxylic acids is 1. The summed E-state index contributed by atoms with van der Waals surface area (Å²) in [6.45, 7) is 0.783. The molecule has 3 heterocycles. The van der Waals surface area contributed by atoms with Crippen LogP contribution in [0.1, 0.15) is 34.0 Å². The number of alkyl halides is 2. The number of rotatable bonds is 10. The molecule has 0 atom stereocenters. The molecule has 0 radical (unpaired) electrons. The fraction of sp³-hybridized carbons (Fsp3) is 0.194. The molecule has 0 saturated carbocycles. The van der Waals surface area contributed by atoms with Crippen LogP contribution in [-0.2, 0) is 19.0 Å². The van der Waals surface area contributed by atoms with Crippen molar-refractivity contribution in [2.45, 2.75) is 25.9 Å². The molecule has 6 rings (SSSR count). The van der Waals surface area contributed by atoms with E-state index in [1.807, 2.05) is 12.1 Å². The minimum Gasteiger partial charge on any atom is -0.496 e. The quantitative estimate of drug-likeness (QED) is 0.149. The van der Waals surface area contributed by atoms with E-state index in [0.29, 0.717) is 62.6 Å². The highest BCUT2D eigenvalue weighted by atomic mass is 32.1. The fourth-order valence-electron chi connectivity index (χ4n) is 4.72. The highest BCUT2D eigenvalue weighted by molar-refractivity contribution is 7.18. The van der Waals surface area contributed by atoms with Gasteiger partial charge in [0, 0.05) is 36.6 Å². The van der Waals surface area contributed by atoms with Crippen LogP contribution in [0.5, 0.6) is 16.7 Å². The lowest BCUT2D eigenvalue weighted by Gasteiger charge is -2.15. The number of aromatic nitrogens is 3. The fourth-order valence-corrected chi connectivity index (χ4v) is 5.42. The first kappa shape index (κ1) is 28.3. The highest BCUT2D eigenvalue weighted by Gasteiger charge is 2.30. The van der Waals surface area contributed by atoms with Gasteiger partial charge < -0.3 is 18.6 Å². The molecule has 0 spiro atoms. The Morgan fingerprint density at radius 3 is 2.60 bits per heavy atom. The van der Waals surface area contributed by atoms with Crippen molar-refractivity contribution in [3.8, 4) is 28.1 Å². The minimum atomic E-state index is -3.37. The van der Waals surface area contributed by atoms with Gasteiger partial charge in [0.2, 0.25) is 4.96 Å². The first-order valence-electron chi connectivity index (χ1n) is 13.0. The van der Waals surface area contributed by atoms with Crippen molar-refractivity contribution in [1.29, 1.82) is 0 Å². The second kappa shape index (κ2) is 11.1. The molecule has 3 aromatic carbocycles. The van der Waals surface area contributed by atoms with Gasteiger partial charge in [0.05, 0.1) is 25.8 Å². The van der Waals surface area contributed by atoms with Crippen LogP contribution in [-0.4, -0.2) is 34.6 Å². The van der Waals surface area contributed by atoms with Crippen LogP contribution < -0.4 is 14.2 Å². The van der Waals surface area contributed by atoms with Gasteiger partial charge in [0.25, 0.3) is 11.1 Å². The molecule has 0 bridgehead atoms. The number of benzene rings is 3. The summed E-state index contributed by atoms with van der Waals surface area (Å²) in [5.41, 5.74) is 1.63.